The molecule has 2 aromatic rings. The molecule has 2 aliphatic rings. The number of nitrogens with zero attached hydrogens (tertiary/aromatic N) is 2. The zero-order chi connectivity index (χ0) is 18.1. The monoisotopic (exact) mass is 371 g/mol. The van der Waals surface area contributed by atoms with E-state index in [1.807, 2.05) is 17.5 Å². The second kappa shape index (κ2) is 6.87. The maximum absolute atomic E-state index is 12.1. The molecule has 1 fully saturated rings. The van der Waals surface area contributed by atoms with E-state index in [-0.39, 0.29) is 43.5 Å². The minimum Gasteiger partial charge on any atom is -0.493 e. The number of ether oxygens (including phenoxy) is 1. The molecule has 0 spiro atoms. The number of thiazole rings is 1. The molecule has 0 aliphatic carbocycles. The molecule has 4 rings (SSSR count). The highest BCUT2D eigenvalue weighted by atomic mass is 32.1. The van der Waals surface area contributed by atoms with E-state index in [1.165, 1.54) is 16.9 Å². The molecule has 1 aromatic carbocycles. The smallest absolute Gasteiger partial charge is 0.229 e. The zero-order valence-corrected chi connectivity index (χ0v) is 14.8. The topological polar surface area (TPSA) is 88.6 Å². The lowest BCUT2D eigenvalue weighted by Gasteiger charge is -2.12. The average molecular weight is 371 g/mol. The molecule has 3 amide bonds. The van der Waals surface area contributed by atoms with Crippen LogP contribution in [0.5, 0.6) is 5.75 Å². The first-order chi connectivity index (χ1) is 12.6. The fourth-order valence-electron chi connectivity index (χ4n) is 3.08. The quantitative estimate of drug-likeness (QED) is 0.814. The lowest BCUT2D eigenvalue weighted by molar-refractivity contribution is -0.138. The summed E-state index contributed by atoms with van der Waals surface area (Å²) in [6, 6.07) is 5.96. The van der Waals surface area contributed by atoms with Crippen LogP contribution >= 0.6 is 11.3 Å². The number of carbonyl (C=O) groups is 3. The molecule has 0 bridgehead atoms. The predicted octanol–water partition coefficient (Wildman–Crippen LogP) is 2.22. The van der Waals surface area contributed by atoms with Crippen LogP contribution in [0, 0.1) is 0 Å². The van der Waals surface area contributed by atoms with Gasteiger partial charge in [-0.2, -0.15) is 0 Å². The lowest BCUT2D eigenvalue weighted by Crippen LogP contribution is -2.32. The minimum absolute atomic E-state index is 0.0720. The van der Waals surface area contributed by atoms with Crippen LogP contribution in [0.2, 0.25) is 0 Å². The summed E-state index contributed by atoms with van der Waals surface area (Å²) in [5.41, 5.74) is 2.95. The lowest BCUT2D eigenvalue weighted by atomic mass is 10.1. The van der Waals surface area contributed by atoms with Gasteiger partial charge in [-0.05, 0) is 23.8 Å². The number of aromatic nitrogens is 1. The molecule has 0 saturated carbocycles. The normalized spacial score (nSPS) is 15.9. The van der Waals surface area contributed by atoms with Gasteiger partial charge in [0, 0.05) is 43.2 Å². The maximum atomic E-state index is 12.1. The number of benzene rings is 1. The van der Waals surface area contributed by atoms with E-state index < -0.39 is 0 Å². The first-order valence-corrected chi connectivity index (χ1v) is 9.33. The number of rotatable bonds is 5. The van der Waals surface area contributed by atoms with Crippen molar-refractivity contribution in [3.63, 3.8) is 0 Å². The SMILES string of the molecule is O=C(CCN1C(=O)CCC1=O)Nc1nc(-c2ccc3c(c2)CCO3)cs1. The molecule has 2 aliphatic heterocycles. The van der Waals surface area contributed by atoms with E-state index in [9.17, 15) is 14.4 Å². The summed E-state index contributed by atoms with van der Waals surface area (Å²) >= 11 is 1.34. The Morgan fingerprint density at radius 1 is 1.23 bits per heavy atom. The van der Waals surface area contributed by atoms with Gasteiger partial charge >= 0.3 is 0 Å². The van der Waals surface area contributed by atoms with Gasteiger partial charge in [-0.1, -0.05) is 0 Å². The van der Waals surface area contributed by atoms with Crippen molar-refractivity contribution < 1.29 is 19.1 Å². The highest BCUT2D eigenvalue weighted by Crippen LogP contribution is 2.31. The molecule has 7 nitrogen and oxygen atoms in total. The molecule has 134 valence electrons. The average Bonchev–Trinajstić information content (AvgIpc) is 3.34. The number of hydrogen-bond donors (Lipinski definition) is 1. The molecule has 8 heteroatoms. The summed E-state index contributed by atoms with van der Waals surface area (Å²) in [6.45, 7) is 0.825. The van der Waals surface area contributed by atoms with Crippen molar-refractivity contribution in [2.24, 2.45) is 0 Å². The van der Waals surface area contributed by atoms with E-state index in [4.69, 9.17) is 4.74 Å². The van der Waals surface area contributed by atoms with Gasteiger partial charge in [0.05, 0.1) is 12.3 Å². The Kier molecular flexibility index (Phi) is 4.42. The van der Waals surface area contributed by atoms with Gasteiger partial charge in [0.1, 0.15) is 5.75 Å². The van der Waals surface area contributed by atoms with Crippen molar-refractivity contribution in [3.8, 4) is 17.0 Å². The van der Waals surface area contributed by atoms with E-state index in [2.05, 4.69) is 16.4 Å². The van der Waals surface area contributed by atoms with Crippen molar-refractivity contribution in [2.45, 2.75) is 25.7 Å². The molecule has 1 N–H and O–H groups in total. The number of amides is 3. The standard InChI is InChI=1S/C18H17N3O4S/c22-15(5-7-21-16(23)3-4-17(21)24)20-18-19-13(10-26-18)11-1-2-14-12(9-11)6-8-25-14/h1-2,9-10H,3-8H2,(H,19,20,22). The summed E-state index contributed by atoms with van der Waals surface area (Å²) in [5.74, 6) is 0.240. The van der Waals surface area contributed by atoms with Crippen LogP contribution in [0.4, 0.5) is 5.13 Å². The molecule has 1 saturated heterocycles. The summed E-state index contributed by atoms with van der Waals surface area (Å²) in [4.78, 5) is 40.8. The van der Waals surface area contributed by atoms with Crippen LogP contribution in [0.15, 0.2) is 23.6 Å². The van der Waals surface area contributed by atoms with Crippen LogP contribution in [-0.2, 0) is 20.8 Å². The third-order valence-electron chi connectivity index (χ3n) is 4.45. The number of imide groups is 1. The highest BCUT2D eigenvalue weighted by Gasteiger charge is 2.28. The van der Waals surface area contributed by atoms with Crippen molar-refractivity contribution >= 4 is 34.2 Å². The third kappa shape index (κ3) is 3.32. The first kappa shape index (κ1) is 16.7. The van der Waals surface area contributed by atoms with Gasteiger partial charge in [-0.15, -0.1) is 11.3 Å². The summed E-state index contributed by atoms with van der Waals surface area (Å²) in [6.07, 6.45) is 1.44. The fraction of sp³-hybridized carbons (Fsp3) is 0.333. The van der Waals surface area contributed by atoms with E-state index >= 15 is 0 Å². The number of anilines is 1. The van der Waals surface area contributed by atoms with E-state index in [0.717, 1.165) is 28.3 Å². The van der Waals surface area contributed by atoms with Gasteiger partial charge in [0.25, 0.3) is 0 Å². The zero-order valence-electron chi connectivity index (χ0n) is 14.0. The van der Waals surface area contributed by atoms with Crippen molar-refractivity contribution in [1.29, 1.82) is 0 Å². The second-order valence-electron chi connectivity index (χ2n) is 6.20. The van der Waals surface area contributed by atoms with Crippen LogP contribution < -0.4 is 10.1 Å². The summed E-state index contributed by atoms with van der Waals surface area (Å²) in [5, 5.41) is 5.12. The minimum atomic E-state index is -0.263. The predicted molar refractivity (Wildman–Crippen MR) is 95.9 cm³/mol. The number of likely N-dealkylation sites (tertiary alicyclic amines) is 1. The van der Waals surface area contributed by atoms with Crippen molar-refractivity contribution in [3.05, 3.63) is 29.1 Å². The van der Waals surface area contributed by atoms with Crippen molar-refractivity contribution in [2.75, 3.05) is 18.5 Å². The Morgan fingerprint density at radius 2 is 2.04 bits per heavy atom. The molecule has 0 atom stereocenters. The highest BCUT2D eigenvalue weighted by molar-refractivity contribution is 7.14. The molecular formula is C18H17N3O4S. The van der Waals surface area contributed by atoms with Crippen molar-refractivity contribution in [1.82, 2.24) is 9.88 Å². The van der Waals surface area contributed by atoms with Crippen LogP contribution in [0.25, 0.3) is 11.3 Å². The summed E-state index contributed by atoms with van der Waals surface area (Å²) < 4.78 is 5.50. The Balaban J connectivity index is 1.37. The van der Waals surface area contributed by atoms with Gasteiger partial charge in [0.15, 0.2) is 5.13 Å². The van der Waals surface area contributed by atoms with E-state index in [0.29, 0.717) is 11.7 Å². The van der Waals surface area contributed by atoms with Crippen LogP contribution in [-0.4, -0.2) is 40.8 Å². The molecule has 3 heterocycles. The summed E-state index contributed by atoms with van der Waals surface area (Å²) in [7, 11) is 0. The van der Waals surface area contributed by atoms with Gasteiger partial charge in [0.2, 0.25) is 17.7 Å². The number of carbonyl (C=O) groups excluding carboxylic acids is 3. The number of nitrogens with one attached hydrogen (secondary N) is 1. The molecular weight excluding hydrogens is 354 g/mol. The van der Waals surface area contributed by atoms with Gasteiger partial charge < -0.3 is 10.1 Å². The van der Waals surface area contributed by atoms with E-state index in [1.54, 1.807) is 0 Å². The first-order valence-electron chi connectivity index (χ1n) is 8.45. The maximum Gasteiger partial charge on any atom is 0.229 e. The Hall–Kier alpha value is -2.74. The number of fused-ring (bicyclic) bond motifs is 1. The Morgan fingerprint density at radius 3 is 2.85 bits per heavy atom. The van der Waals surface area contributed by atoms with Crippen LogP contribution in [0.3, 0.4) is 0 Å². The molecule has 1 aromatic heterocycles. The molecule has 0 unspecified atom stereocenters. The Labute approximate surface area is 154 Å². The Bertz CT molecular complexity index is 876. The third-order valence-corrected chi connectivity index (χ3v) is 5.21. The second-order valence-corrected chi connectivity index (χ2v) is 7.05. The van der Waals surface area contributed by atoms with Gasteiger partial charge in [-0.3, -0.25) is 19.3 Å². The largest absolute Gasteiger partial charge is 0.493 e. The van der Waals surface area contributed by atoms with Gasteiger partial charge in [-0.25, -0.2) is 4.98 Å². The fourth-order valence-corrected chi connectivity index (χ4v) is 3.81. The molecule has 0 radical (unpaired) electrons. The molecule has 26 heavy (non-hydrogen) atoms. The van der Waals surface area contributed by atoms with Crippen LogP contribution in [0.1, 0.15) is 24.8 Å². The number of hydrogen-bond acceptors (Lipinski definition) is 6.